The third-order valence-electron chi connectivity index (χ3n) is 4.53. The topological polar surface area (TPSA) is 40.5 Å². The Balaban J connectivity index is 2.04. The number of carboxylic acid groups (broad SMARTS) is 1. The van der Waals surface area contributed by atoms with E-state index in [1.807, 2.05) is 0 Å². The fourth-order valence-electron chi connectivity index (χ4n) is 3.68. The zero-order valence-electron chi connectivity index (χ0n) is 11.0. The van der Waals surface area contributed by atoms with Crippen molar-refractivity contribution in [3.05, 3.63) is 0 Å². The Hall–Kier alpha value is -1.01. The molecular weight excluding hydrogens is 226 g/mol. The Morgan fingerprint density at radius 1 is 1.28 bits per heavy atom. The molecule has 3 atom stereocenters. The molecule has 0 radical (unpaired) electrons. The van der Waals surface area contributed by atoms with E-state index in [1.165, 1.54) is 25.7 Å². The maximum absolute atomic E-state index is 11.4. The fourth-order valence-corrected chi connectivity index (χ4v) is 3.68. The van der Waals surface area contributed by atoms with Crippen LogP contribution in [0.15, 0.2) is 0 Å². The number of piperidine rings is 1. The number of hydrogen-bond donors (Lipinski definition) is 1. The number of aliphatic carboxylic acids is 1. The first kappa shape index (κ1) is 13.4. The van der Waals surface area contributed by atoms with Gasteiger partial charge in [-0.05, 0) is 38.0 Å². The van der Waals surface area contributed by atoms with E-state index in [9.17, 15) is 9.90 Å². The summed E-state index contributed by atoms with van der Waals surface area (Å²) in [6, 6.07) is 0.216. The zero-order valence-corrected chi connectivity index (χ0v) is 11.0. The first-order valence-corrected chi connectivity index (χ1v) is 7.16. The van der Waals surface area contributed by atoms with Gasteiger partial charge in [-0.1, -0.05) is 12.8 Å². The molecule has 2 fully saturated rings. The van der Waals surface area contributed by atoms with Crippen LogP contribution in [-0.2, 0) is 4.79 Å². The molecule has 1 saturated carbocycles. The third-order valence-corrected chi connectivity index (χ3v) is 4.53. The van der Waals surface area contributed by atoms with Crippen molar-refractivity contribution >= 4 is 5.97 Å². The summed E-state index contributed by atoms with van der Waals surface area (Å²) >= 11 is 0. The molecular formula is C15H23NO2. The molecule has 1 aliphatic carbocycles. The van der Waals surface area contributed by atoms with Crippen LogP contribution in [0.25, 0.3) is 0 Å². The lowest BCUT2D eigenvalue weighted by Crippen LogP contribution is -2.55. The number of rotatable bonds is 4. The Kier molecular flexibility index (Phi) is 4.66. The highest BCUT2D eigenvalue weighted by atomic mass is 16.4. The number of hydrogen-bond acceptors (Lipinski definition) is 2. The monoisotopic (exact) mass is 249 g/mol. The summed E-state index contributed by atoms with van der Waals surface area (Å²) in [6.07, 6.45) is 13.9. The highest BCUT2D eigenvalue weighted by molar-refractivity contribution is 5.73. The van der Waals surface area contributed by atoms with Crippen LogP contribution >= 0.6 is 0 Å². The summed E-state index contributed by atoms with van der Waals surface area (Å²) in [5, 5.41) is 9.37. The highest BCUT2D eigenvalue weighted by Gasteiger charge is 2.40. The Bertz CT molecular complexity index is 334. The molecule has 3 nitrogen and oxygen atoms in total. The summed E-state index contributed by atoms with van der Waals surface area (Å²) in [5.41, 5.74) is 0. The Labute approximate surface area is 110 Å². The van der Waals surface area contributed by atoms with Crippen molar-refractivity contribution in [2.45, 2.75) is 63.5 Å². The summed E-state index contributed by atoms with van der Waals surface area (Å²) in [4.78, 5) is 13.6. The van der Waals surface area contributed by atoms with Crippen LogP contribution in [0.1, 0.15) is 51.4 Å². The maximum atomic E-state index is 11.4. The van der Waals surface area contributed by atoms with Crippen LogP contribution in [0.4, 0.5) is 0 Å². The molecule has 3 unspecified atom stereocenters. The lowest BCUT2D eigenvalue weighted by Gasteiger charge is -2.47. The zero-order chi connectivity index (χ0) is 13.0. The predicted molar refractivity (Wildman–Crippen MR) is 71.2 cm³/mol. The number of unbranched alkanes of at least 4 members (excludes halogenated alkanes) is 1. The molecule has 1 saturated heterocycles. The van der Waals surface area contributed by atoms with Gasteiger partial charge < -0.3 is 5.11 Å². The van der Waals surface area contributed by atoms with E-state index in [1.54, 1.807) is 0 Å². The van der Waals surface area contributed by atoms with Crippen molar-refractivity contribution in [1.29, 1.82) is 0 Å². The molecule has 2 rings (SSSR count). The predicted octanol–water partition coefficient (Wildman–Crippen LogP) is 2.51. The molecule has 0 amide bonds. The van der Waals surface area contributed by atoms with E-state index in [4.69, 9.17) is 6.42 Å². The molecule has 1 N–H and O–H groups in total. The number of likely N-dealkylation sites (tertiary alicyclic amines) is 1. The van der Waals surface area contributed by atoms with Gasteiger partial charge in [-0.2, -0.15) is 0 Å². The van der Waals surface area contributed by atoms with E-state index in [0.717, 1.165) is 38.1 Å². The van der Waals surface area contributed by atoms with Crippen LogP contribution in [0.3, 0.4) is 0 Å². The number of nitrogens with zero attached hydrogens (tertiary/aromatic N) is 1. The van der Waals surface area contributed by atoms with Gasteiger partial charge >= 0.3 is 5.97 Å². The van der Waals surface area contributed by atoms with Gasteiger partial charge in [0, 0.05) is 19.0 Å². The van der Waals surface area contributed by atoms with Gasteiger partial charge in [0.2, 0.25) is 0 Å². The molecule has 1 heterocycles. The molecule has 2 aliphatic rings. The summed E-state index contributed by atoms with van der Waals surface area (Å²) in [5.74, 6) is 2.72. The molecule has 1 aliphatic heterocycles. The quantitative estimate of drug-likeness (QED) is 0.615. The SMILES string of the molecule is C#CCCCN1C(C(=O)O)CCC2CCCCC21. The van der Waals surface area contributed by atoms with Gasteiger partial charge in [-0.3, -0.25) is 9.69 Å². The molecule has 0 bridgehead atoms. The minimum Gasteiger partial charge on any atom is -0.480 e. The van der Waals surface area contributed by atoms with Crippen molar-refractivity contribution in [3.8, 4) is 12.3 Å². The first-order chi connectivity index (χ1) is 8.74. The second-order valence-corrected chi connectivity index (χ2v) is 5.59. The van der Waals surface area contributed by atoms with Crippen LogP contribution in [0.2, 0.25) is 0 Å². The lowest BCUT2D eigenvalue weighted by molar-refractivity contribution is -0.148. The van der Waals surface area contributed by atoms with Gasteiger partial charge in [0.05, 0.1) is 0 Å². The van der Waals surface area contributed by atoms with Crippen molar-refractivity contribution in [1.82, 2.24) is 4.90 Å². The largest absolute Gasteiger partial charge is 0.480 e. The number of carboxylic acids is 1. The van der Waals surface area contributed by atoms with Gasteiger partial charge in [0.25, 0.3) is 0 Å². The fraction of sp³-hybridized carbons (Fsp3) is 0.800. The molecule has 0 spiro atoms. The van der Waals surface area contributed by atoms with Gasteiger partial charge in [-0.15, -0.1) is 12.3 Å². The average molecular weight is 249 g/mol. The number of carbonyl (C=O) groups is 1. The second kappa shape index (κ2) is 6.24. The Morgan fingerprint density at radius 3 is 2.78 bits per heavy atom. The van der Waals surface area contributed by atoms with E-state index in [0.29, 0.717) is 6.04 Å². The van der Waals surface area contributed by atoms with E-state index < -0.39 is 5.97 Å². The average Bonchev–Trinajstić information content (AvgIpc) is 2.38. The normalized spacial score (nSPS) is 32.5. The Morgan fingerprint density at radius 2 is 2.06 bits per heavy atom. The van der Waals surface area contributed by atoms with Gasteiger partial charge in [0.1, 0.15) is 6.04 Å². The van der Waals surface area contributed by atoms with Crippen molar-refractivity contribution in [2.75, 3.05) is 6.54 Å². The molecule has 0 aromatic rings. The molecule has 0 aromatic carbocycles. The summed E-state index contributed by atoms with van der Waals surface area (Å²) in [7, 11) is 0. The van der Waals surface area contributed by atoms with Crippen LogP contribution in [-0.4, -0.2) is 34.6 Å². The van der Waals surface area contributed by atoms with Crippen molar-refractivity contribution < 1.29 is 9.90 Å². The van der Waals surface area contributed by atoms with Crippen LogP contribution in [0.5, 0.6) is 0 Å². The summed E-state index contributed by atoms with van der Waals surface area (Å²) < 4.78 is 0. The lowest BCUT2D eigenvalue weighted by atomic mass is 9.76. The number of fused-ring (bicyclic) bond motifs is 1. The third kappa shape index (κ3) is 2.87. The van der Waals surface area contributed by atoms with E-state index in [-0.39, 0.29) is 6.04 Å². The van der Waals surface area contributed by atoms with Crippen molar-refractivity contribution in [2.24, 2.45) is 5.92 Å². The number of terminal acetylenes is 1. The van der Waals surface area contributed by atoms with Gasteiger partial charge in [-0.25, -0.2) is 0 Å². The van der Waals surface area contributed by atoms with Gasteiger partial charge in [0.15, 0.2) is 0 Å². The standard InChI is InChI=1S/C15H23NO2/c1-2-3-6-11-16-13-8-5-4-7-12(13)9-10-14(16)15(17)18/h1,12-14H,3-11H2,(H,17,18). The van der Waals surface area contributed by atoms with E-state index in [2.05, 4.69) is 10.8 Å². The van der Waals surface area contributed by atoms with Crippen LogP contribution < -0.4 is 0 Å². The first-order valence-electron chi connectivity index (χ1n) is 7.16. The minimum atomic E-state index is -0.653. The van der Waals surface area contributed by atoms with E-state index >= 15 is 0 Å². The minimum absolute atomic E-state index is 0.276. The molecule has 100 valence electrons. The molecule has 0 aromatic heterocycles. The molecule has 18 heavy (non-hydrogen) atoms. The highest BCUT2D eigenvalue weighted by Crippen LogP contribution is 2.37. The maximum Gasteiger partial charge on any atom is 0.320 e. The smallest absolute Gasteiger partial charge is 0.320 e. The summed E-state index contributed by atoms with van der Waals surface area (Å²) in [6.45, 7) is 0.850. The second-order valence-electron chi connectivity index (χ2n) is 5.59. The molecule has 3 heteroatoms. The van der Waals surface area contributed by atoms with Crippen LogP contribution in [0, 0.1) is 18.3 Å². The van der Waals surface area contributed by atoms with Crippen molar-refractivity contribution in [3.63, 3.8) is 0 Å².